The number of amides is 1. The standard InChI is InChI=1S/C9H15BrN4O/c1-4-7(9(15)12-11)14-6(3)8(10)5(2)13-14/h7H,4,11H2,1-3H3,(H,12,15)/t7-/m1/s1. The van der Waals surface area contributed by atoms with Crippen LogP contribution in [0.3, 0.4) is 0 Å². The first-order chi connectivity index (χ1) is 7.02. The molecule has 6 heteroatoms. The number of aromatic nitrogens is 2. The molecule has 0 fully saturated rings. The van der Waals surface area contributed by atoms with Gasteiger partial charge in [0.2, 0.25) is 0 Å². The van der Waals surface area contributed by atoms with Gasteiger partial charge < -0.3 is 0 Å². The number of halogens is 1. The van der Waals surface area contributed by atoms with E-state index in [0.717, 1.165) is 15.9 Å². The van der Waals surface area contributed by atoms with E-state index in [-0.39, 0.29) is 11.9 Å². The highest BCUT2D eigenvalue weighted by Gasteiger charge is 2.22. The highest BCUT2D eigenvalue weighted by Crippen LogP contribution is 2.24. The van der Waals surface area contributed by atoms with Gasteiger partial charge in [-0.05, 0) is 36.2 Å². The zero-order valence-corrected chi connectivity index (χ0v) is 10.6. The number of hydrogen-bond donors (Lipinski definition) is 2. The van der Waals surface area contributed by atoms with Crippen molar-refractivity contribution in [2.45, 2.75) is 33.2 Å². The topological polar surface area (TPSA) is 72.9 Å². The Morgan fingerprint density at radius 2 is 2.27 bits per heavy atom. The fraction of sp³-hybridized carbons (Fsp3) is 0.556. The lowest BCUT2D eigenvalue weighted by Gasteiger charge is -2.15. The number of aryl methyl sites for hydroxylation is 1. The molecule has 0 unspecified atom stereocenters. The molecule has 0 aromatic carbocycles. The number of nitrogens with one attached hydrogen (secondary N) is 1. The normalized spacial score (nSPS) is 12.6. The lowest BCUT2D eigenvalue weighted by Crippen LogP contribution is -2.37. The molecule has 1 aromatic rings. The van der Waals surface area contributed by atoms with Crippen molar-refractivity contribution < 1.29 is 4.79 Å². The van der Waals surface area contributed by atoms with Crippen LogP contribution in [0.2, 0.25) is 0 Å². The maximum atomic E-state index is 11.5. The number of carbonyl (C=O) groups excluding carboxylic acids is 1. The molecule has 1 rings (SSSR count). The first-order valence-electron chi connectivity index (χ1n) is 4.74. The van der Waals surface area contributed by atoms with Crippen molar-refractivity contribution >= 4 is 21.8 Å². The molecule has 1 atom stereocenters. The number of hydrazine groups is 1. The fourth-order valence-electron chi connectivity index (χ4n) is 1.51. The lowest BCUT2D eigenvalue weighted by molar-refractivity contribution is -0.124. The largest absolute Gasteiger partial charge is 0.292 e. The summed E-state index contributed by atoms with van der Waals surface area (Å²) >= 11 is 3.42. The summed E-state index contributed by atoms with van der Waals surface area (Å²) < 4.78 is 2.63. The Labute approximate surface area is 97.1 Å². The molecule has 84 valence electrons. The number of nitrogens with two attached hydrogens (primary N) is 1. The zero-order chi connectivity index (χ0) is 11.6. The minimum absolute atomic E-state index is 0.226. The van der Waals surface area contributed by atoms with Crippen LogP contribution in [0.4, 0.5) is 0 Å². The molecule has 1 aromatic heterocycles. The third kappa shape index (κ3) is 2.21. The highest BCUT2D eigenvalue weighted by molar-refractivity contribution is 9.10. The van der Waals surface area contributed by atoms with Crippen LogP contribution in [0.15, 0.2) is 4.47 Å². The van der Waals surface area contributed by atoms with Crippen molar-refractivity contribution in [2.75, 3.05) is 0 Å². The molecule has 1 amide bonds. The number of rotatable bonds is 3. The van der Waals surface area contributed by atoms with Crippen LogP contribution in [-0.2, 0) is 4.79 Å². The molecule has 0 saturated heterocycles. The Hall–Kier alpha value is -0.880. The van der Waals surface area contributed by atoms with E-state index in [1.165, 1.54) is 0 Å². The SMILES string of the molecule is CC[C@H](C(=O)NN)n1nc(C)c(Br)c1C. The van der Waals surface area contributed by atoms with Crippen LogP contribution in [0, 0.1) is 13.8 Å². The van der Waals surface area contributed by atoms with Gasteiger partial charge in [-0.25, -0.2) is 5.84 Å². The fourth-order valence-corrected chi connectivity index (χ4v) is 1.77. The van der Waals surface area contributed by atoms with Gasteiger partial charge in [0, 0.05) is 0 Å². The third-order valence-corrected chi connectivity index (χ3v) is 3.51. The van der Waals surface area contributed by atoms with Gasteiger partial charge in [0.25, 0.3) is 5.91 Å². The maximum absolute atomic E-state index is 11.5. The molecule has 0 saturated carbocycles. The Balaban J connectivity index is 3.13. The van der Waals surface area contributed by atoms with Gasteiger partial charge in [-0.3, -0.25) is 14.9 Å². The smallest absolute Gasteiger partial charge is 0.258 e. The molecule has 0 aliphatic heterocycles. The Kier molecular flexibility index (Phi) is 3.87. The summed E-state index contributed by atoms with van der Waals surface area (Å²) in [6.45, 7) is 5.72. The van der Waals surface area contributed by atoms with Gasteiger partial charge in [-0.15, -0.1) is 0 Å². The van der Waals surface area contributed by atoms with E-state index in [2.05, 4.69) is 26.5 Å². The van der Waals surface area contributed by atoms with E-state index < -0.39 is 0 Å². The van der Waals surface area contributed by atoms with Crippen LogP contribution in [0.5, 0.6) is 0 Å². The van der Waals surface area contributed by atoms with Crippen molar-refractivity contribution in [2.24, 2.45) is 5.84 Å². The first-order valence-corrected chi connectivity index (χ1v) is 5.53. The van der Waals surface area contributed by atoms with Gasteiger partial charge in [-0.2, -0.15) is 5.10 Å². The quantitative estimate of drug-likeness (QED) is 0.494. The van der Waals surface area contributed by atoms with E-state index in [4.69, 9.17) is 5.84 Å². The number of nitrogens with zero attached hydrogens (tertiary/aromatic N) is 2. The third-order valence-electron chi connectivity index (χ3n) is 2.36. The second-order valence-electron chi connectivity index (χ2n) is 3.36. The summed E-state index contributed by atoms with van der Waals surface area (Å²) in [5.74, 6) is 4.90. The molecule has 0 aliphatic rings. The molecule has 15 heavy (non-hydrogen) atoms. The van der Waals surface area contributed by atoms with E-state index in [1.807, 2.05) is 20.8 Å². The molecule has 1 heterocycles. The van der Waals surface area contributed by atoms with Gasteiger partial charge in [0.1, 0.15) is 6.04 Å². The second-order valence-corrected chi connectivity index (χ2v) is 4.16. The van der Waals surface area contributed by atoms with Crippen LogP contribution in [-0.4, -0.2) is 15.7 Å². The molecule has 0 bridgehead atoms. The van der Waals surface area contributed by atoms with Gasteiger partial charge in [-0.1, -0.05) is 6.92 Å². The van der Waals surface area contributed by atoms with Crippen LogP contribution >= 0.6 is 15.9 Å². The molecular formula is C9H15BrN4O. The molecule has 0 aliphatic carbocycles. The van der Waals surface area contributed by atoms with E-state index in [9.17, 15) is 4.79 Å². The average molecular weight is 275 g/mol. The van der Waals surface area contributed by atoms with Gasteiger partial charge >= 0.3 is 0 Å². The molecule has 0 spiro atoms. The van der Waals surface area contributed by atoms with E-state index >= 15 is 0 Å². The molecular weight excluding hydrogens is 260 g/mol. The van der Waals surface area contributed by atoms with Crippen LogP contribution in [0.1, 0.15) is 30.8 Å². The Morgan fingerprint density at radius 3 is 2.60 bits per heavy atom. The van der Waals surface area contributed by atoms with Crippen molar-refractivity contribution in [3.63, 3.8) is 0 Å². The van der Waals surface area contributed by atoms with Crippen molar-refractivity contribution in [1.29, 1.82) is 0 Å². The summed E-state index contributed by atoms with van der Waals surface area (Å²) in [5.41, 5.74) is 3.96. The minimum atomic E-state index is -0.347. The Morgan fingerprint density at radius 1 is 1.67 bits per heavy atom. The summed E-state index contributed by atoms with van der Waals surface area (Å²) in [4.78, 5) is 11.5. The van der Waals surface area contributed by atoms with Crippen LogP contribution in [0.25, 0.3) is 0 Å². The maximum Gasteiger partial charge on any atom is 0.258 e. The molecule has 5 nitrogen and oxygen atoms in total. The minimum Gasteiger partial charge on any atom is -0.292 e. The lowest BCUT2D eigenvalue weighted by atomic mass is 10.2. The highest BCUT2D eigenvalue weighted by atomic mass is 79.9. The first kappa shape index (κ1) is 12.2. The molecule has 3 N–H and O–H groups in total. The number of hydrogen-bond acceptors (Lipinski definition) is 3. The van der Waals surface area contributed by atoms with E-state index in [1.54, 1.807) is 4.68 Å². The summed E-state index contributed by atoms with van der Waals surface area (Å²) in [6, 6.07) is -0.347. The summed E-state index contributed by atoms with van der Waals surface area (Å²) in [6.07, 6.45) is 0.650. The summed E-state index contributed by atoms with van der Waals surface area (Å²) in [5, 5.41) is 4.30. The zero-order valence-electron chi connectivity index (χ0n) is 9.04. The van der Waals surface area contributed by atoms with Gasteiger partial charge in [0.05, 0.1) is 15.9 Å². The predicted octanol–water partition coefficient (Wildman–Crippen LogP) is 1.20. The second kappa shape index (κ2) is 4.76. The van der Waals surface area contributed by atoms with Crippen LogP contribution < -0.4 is 11.3 Å². The molecule has 0 radical (unpaired) electrons. The number of carbonyl (C=O) groups is 1. The summed E-state index contributed by atoms with van der Waals surface area (Å²) in [7, 11) is 0. The van der Waals surface area contributed by atoms with Crippen molar-refractivity contribution in [3.05, 3.63) is 15.9 Å². The average Bonchev–Trinajstić information content (AvgIpc) is 2.47. The van der Waals surface area contributed by atoms with Crippen molar-refractivity contribution in [3.8, 4) is 0 Å². The van der Waals surface area contributed by atoms with Gasteiger partial charge in [0.15, 0.2) is 0 Å². The Bertz CT molecular complexity index is 374. The van der Waals surface area contributed by atoms with Crippen molar-refractivity contribution in [1.82, 2.24) is 15.2 Å². The van der Waals surface area contributed by atoms with E-state index in [0.29, 0.717) is 6.42 Å². The monoisotopic (exact) mass is 274 g/mol. The predicted molar refractivity (Wildman–Crippen MR) is 61.1 cm³/mol.